The zero-order valence-corrected chi connectivity index (χ0v) is 19.2. The molecule has 2 heterocycles. The lowest BCUT2D eigenvalue weighted by Gasteiger charge is -2.12. The van der Waals surface area contributed by atoms with E-state index in [-0.39, 0.29) is 17.2 Å². The van der Waals surface area contributed by atoms with Gasteiger partial charge < -0.3 is 5.32 Å². The predicted molar refractivity (Wildman–Crippen MR) is 127 cm³/mol. The third-order valence-corrected chi connectivity index (χ3v) is 7.61. The molecule has 2 aromatic heterocycles. The van der Waals surface area contributed by atoms with E-state index in [1.165, 1.54) is 16.6 Å². The number of nitrogens with zero attached hydrogens (tertiary/aromatic N) is 2. The van der Waals surface area contributed by atoms with Crippen LogP contribution in [0.5, 0.6) is 0 Å². The number of hydrogen-bond acceptors (Lipinski definition) is 5. The Morgan fingerprint density at radius 1 is 1.33 bits per heavy atom. The standard InChI is InChI=1S/C21H19Cl2N3O2S2/c1-2-9-26-20(28)18-13-5-3-4-6-16(13)30-19(18)25-21(26)29-11-17(27)24-15-10-12(22)7-8-14(15)23/h2,7-8,10H,1,3-6,9,11H2,(H,24,27). The summed E-state index contributed by atoms with van der Waals surface area (Å²) < 4.78 is 1.60. The van der Waals surface area contributed by atoms with Crippen molar-refractivity contribution in [1.82, 2.24) is 9.55 Å². The van der Waals surface area contributed by atoms with Crippen LogP contribution in [0.3, 0.4) is 0 Å². The number of amides is 1. The minimum atomic E-state index is -0.255. The van der Waals surface area contributed by atoms with E-state index in [4.69, 9.17) is 28.2 Å². The van der Waals surface area contributed by atoms with Gasteiger partial charge in [-0.3, -0.25) is 14.2 Å². The summed E-state index contributed by atoms with van der Waals surface area (Å²) in [5, 5.41) is 4.89. The number of nitrogens with one attached hydrogen (secondary N) is 1. The van der Waals surface area contributed by atoms with Crippen LogP contribution in [0.1, 0.15) is 23.3 Å². The van der Waals surface area contributed by atoms with Gasteiger partial charge in [0.1, 0.15) is 4.83 Å². The van der Waals surface area contributed by atoms with Gasteiger partial charge in [0.2, 0.25) is 5.91 Å². The molecule has 0 atom stereocenters. The summed E-state index contributed by atoms with van der Waals surface area (Å²) in [6.45, 7) is 4.11. The molecule has 4 rings (SSSR count). The molecule has 1 aliphatic rings. The van der Waals surface area contributed by atoms with Gasteiger partial charge in [-0.1, -0.05) is 41.0 Å². The third-order valence-electron chi connectivity index (χ3n) is 4.89. The smallest absolute Gasteiger partial charge is 0.263 e. The van der Waals surface area contributed by atoms with Crippen LogP contribution >= 0.6 is 46.3 Å². The predicted octanol–water partition coefficient (Wildman–Crippen LogP) is 5.56. The molecule has 9 heteroatoms. The third kappa shape index (κ3) is 4.30. The number of aryl methyl sites for hydroxylation is 2. The minimum absolute atomic E-state index is 0.0555. The second-order valence-corrected chi connectivity index (χ2v) is 9.82. The Morgan fingerprint density at radius 2 is 2.13 bits per heavy atom. The Balaban J connectivity index is 1.61. The first-order valence-electron chi connectivity index (χ1n) is 9.51. The summed E-state index contributed by atoms with van der Waals surface area (Å²) in [5.41, 5.74) is 1.55. The fourth-order valence-corrected chi connectivity index (χ4v) is 5.98. The Labute approximate surface area is 192 Å². The highest BCUT2D eigenvalue weighted by Crippen LogP contribution is 2.34. The summed E-state index contributed by atoms with van der Waals surface area (Å²) in [6.07, 6.45) is 5.85. The monoisotopic (exact) mass is 479 g/mol. The highest BCUT2D eigenvalue weighted by molar-refractivity contribution is 7.99. The molecule has 3 aromatic rings. The van der Waals surface area contributed by atoms with Crippen molar-refractivity contribution in [1.29, 1.82) is 0 Å². The van der Waals surface area contributed by atoms with Crippen LogP contribution in [0, 0.1) is 0 Å². The Hall–Kier alpha value is -1.80. The van der Waals surface area contributed by atoms with Crippen molar-refractivity contribution in [2.24, 2.45) is 0 Å². The molecule has 0 unspecified atom stereocenters. The zero-order valence-electron chi connectivity index (χ0n) is 16.0. The first kappa shape index (κ1) is 21.4. The SMILES string of the molecule is C=CCn1c(SCC(=O)Nc2cc(Cl)ccc2Cl)nc2sc3c(c2c1=O)CCCC3. The van der Waals surface area contributed by atoms with Crippen molar-refractivity contribution in [2.45, 2.75) is 37.4 Å². The number of thioether (sulfide) groups is 1. The van der Waals surface area contributed by atoms with Crippen molar-refractivity contribution >= 4 is 68.1 Å². The van der Waals surface area contributed by atoms with Crippen LogP contribution in [0.4, 0.5) is 5.69 Å². The summed E-state index contributed by atoms with van der Waals surface area (Å²) in [7, 11) is 0. The molecule has 0 saturated carbocycles. The van der Waals surface area contributed by atoms with E-state index >= 15 is 0 Å². The summed E-state index contributed by atoms with van der Waals surface area (Å²) in [4.78, 5) is 32.4. The van der Waals surface area contributed by atoms with Crippen molar-refractivity contribution < 1.29 is 4.79 Å². The summed E-state index contributed by atoms with van der Waals surface area (Å²) in [5.74, 6) is -0.169. The fourth-order valence-electron chi connectivity index (χ4n) is 3.53. The van der Waals surface area contributed by atoms with Gasteiger partial charge in [0.25, 0.3) is 5.56 Å². The zero-order chi connectivity index (χ0) is 21.3. The van der Waals surface area contributed by atoms with Gasteiger partial charge >= 0.3 is 0 Å². The molecule has 1 N–H and O–H groups in total. The maximum Gasteiger partial charge on any atom is 0.263 e. The Morgan fingerprint density at radius 3 is 2.93 bits per heavy atom. The molecule has 1 amide bonds. The average molecular weight is 480 g/mol. The van der Waals surface area contributed by atoms with Crippen LogP contribution in [0.15, 0.2) is 40.8 Å². The van der Waals surface area contributed by atoms with E-state index in [1.807, 2.05) is 0 Å². The van der Waals surface area contributed by atoms with E-state index in [1.54, 1.807) is 40.2 Å². The lowest BCUT2D eigenvalue weighted by molar-refractivity contribution is -0.113. The van der Waals surface area contributed by atoms with Crippen molar-refractivity contribution in [3.05, 3.63) is 61.7 Å². The van der Waals surface area contributed by atoms with Crippen LogP contribution in [-0.4, -0.2) is 21.2 Å². The molecule has 0 aliphatic heterocycles. The molecule has 0 bridgehead atoms. The number of rotatable bonds is 6. The van der Waals surface area contributed by atoms with Crippen molar-refractivity contribution in [3.8, 4) is 0 Å². The van der Waals surface area contributed by atoms with E-state index in [9.17, 15) is 9.59 Å². The number of allylic oxidation sites excluding steroid dienone is 1. The van der Waals surface area contributed by atoms with E-state index in [0.29, 0.717) is 27.4 Å². The topological polar surface area (TPSA) is 64.0 Å². The van der Waals surface area contributed by atoms with Gasteiger partial charge in [0, 0.05) is 16.4 Å². The number of thiophene rings is 1. The molecule has 1 aliphatic carbocycles. The molecule has 0 spiro atoms. The number of anilines is 1. The molecule has 0 fully saturated rings. The molecular weight excluding hydrogens is 461 g/mol. The molecule has 0 saturated heterocycles. The van der Waals surface area contributed by atoms with Gasteiger partial charge in [-0.2, -0.15) is 0 Å². The number of hydrogen-bond donors (Lipinski definition) is 1. The average Bonchev–Trinajstić information content (AvgIpc) is 3.10. The molecule has 1 aromatic carbocycles. The van der Waals surface area contributed by atoms with Crippen LogP contribution in [0.2, 0.25) is 10.0 Å². The second kappa shape index (κ2) is 9.14. The fraction of sp³-hybridized carbons (Fsp3) is 0.286. The maximum atomic E-state index is 13.2. The largest absolute Gasteiger partial charge is 0.324 e. The second-order valence-electron chi connectivity index (χ2n) is 6.95. The Bertz CT molecular complexity index is 1200. The normalized spacial score (nSPS) is 13.3. The minimum Gasteiger partial charge on any atom is -0.324 e. The first-order chi connectivity index (χ1) is 14.5. The van der Waals surface area contributed by atoms with Crippen LogP contribution in [-0.2, 0) is 24.2 Å². The lowest BCUT2D eigenvalue weighted by atomic mass is 9.97. The van der Waals surface area contributed by atoms with Crippen LogP contribution in [0.25, 0.3) is 10.2 Å². The van der Waals surface area contributed by atoms with E-state index < -0.39 is 0 Å². The van der Waals surface area contributed by atoms with E-state index in [0.717, 1.165) is 41.5 Å². The highest BCUT2D eigenvalue weighted by Gasteiger charge is 2.22. The number of benzene rings is 1. The molecule has 30 heavy (non-hydrogen) atoms. The number of carbonyl (C=O) groups excluding carboxylic acids is 1. The highest BCUT2D eigenvalue weighted by atomic mass is 35.5. The van der Waals surface area contributed by atoms with Crippen LogP contribution < -0.4 is 10.9 Å². The first-order valence-corrected chi connectivity index (χ1v) is 12.1. The number of fused-ring (bicyclic) bond motifs is 3. The van der Waals surface area contributed by atoms with Gasteiger partial charge in [-0.25, -0.2) is 4.98 Å². The maximum absolute atomic E-state index is 13.2. The van der Waals surface area contributed by atoms with Crippen molar-refractivity contribution in [3.63, 3.8) is 0 Å². The van der Waals surface area contributed by atoms with Gasteiger partial charge in [-0.05, 0) is 49.4 Å². The number of halogens is 2. The molecule has 0 radical (unpaired) electrons. The number of aromatic nitrogens is 2. The van der Waals surface area contributed by atoms with Gasteiger partial charge in [0.05, 0.1) is 21.8 Å². The molecular formula is C21H19Cl2N3O2S2. The summed E-state index contributed by atoms with van der Waals surface area (Å²) in [6, 6.07) is 4.88. The quantitative estimate of drug-likeness (QED) is 0.285. The van der Waals surface area contributed by atoms with Gasteiger partial charge in [-0.15, -0.1) is 17.9 Å². The van der Waals surface area contributed by atoms with E-state index in [2.05, 4.69) is 11.9 Å². The molecule has 156 valence electrons. The van der Waals surface area contributed by atoms with Gasteiger partial charge in [0.15, 0.2) is 5.16 Å². The lowest BCUT2D eigenvalue weighted by Crippen LogP contribution is -2.24. The Kier molecular flexibility index (Phi) is 6.53. The number of carbonyl (C=O) groups is 1. The summed E-state index contributed by atoms with van der Waals surface area (Å²) >= 11 is 14.9. The van der Waals surface area contributed by atoms with Crippen molar-refractivity contribution in [2.75, 3.05) is 11.1 Å². The molecule has 5 nitrogen and oxygen atoms in total.